The van der Waals surface area contributed by atoms with Crippen LogP contribution in [0.25, 0.3) is 0 Å². The first-order valence-electron chi connectivity index (χ1n) is 19.2. The van der Waals surface area contributed by atoms with Gasteiger partial charge in [-0.15, -0.1) is 0 Å². The summed E-state index contributed by atoms with van der Waals surface area (Å²) in [6, 6.07) is -0.915. The molecule has 308 valence electrons. The number of carbonyl (C=O) groups excluding carboxylic acids is 5. The number of nitrogens with one attached hydrogen (secondary N) is 1. The number of hydrogen-bond donors (Lipinski definition) is 3. The fourth-order valence-corrected chi connectivity index (χ4v) is 6.94. The van der Waals surface area contributed by atoms with Gasteiger partial charge in [-0.1, -0.05) is 44.1 Å². The van der Waals surface area contributed by atoms with Crippen LogP contribution in [0.3, 0.4) is 0 Å². The molecule has 2 aliphatic rings. The number of allylic oxidation sites excluding steroid dienone is 3. The van der Waals surface area contributed by atoms with E-state index in [-0.39, 0.29) is 114 Å². The molecule has 0 aromatic heterocycles. The van der Waals surface area contributed by atoms with Gasteiger partial charge in [0.15, 0.2) is 0 Å². The van der Waals surface area contributed by atoms with Gasteiger partial charge in [0.05, 0.1) is 24.6 Å². The zero-order valence-corrected chi connectivity index (χ0v) is 34.9. The number of Topliss-reactive ketones (excluding diaryl/α,β-unsaturated/α-hetero) is 1. The molecule has 1 aliphatic carbocycles. The largest absolute Gasteiger partial charge is 3.00 e. The van der Waals surface area contributed by atoms with E-state index in [2.05, 4.69) is 18.3 Å². The van der Waals surface area contributed by atoms with Crippen LogP contribution in [-0.2, 0) is 28.8 Å². The number of aliphatic hydroxyl groups excluding tert-OH is 1. The van der Waals surface area contributed by atoms with Crippen molar-refractivity contribution >= 4 is 55.7 Å². The van der Waals surface area contributed by atoms with Crippen molar-refractivity contribution in [3.8, 4) is 0 Å². The Kier molecular flexibility index (Phi) is 28.7. The van der Waals surface area contributed by atoms with E-state index >= 15 is 0 Å². The number of nitrogens with zero attached hydrogens (tertiary/aromatic N) is 4. The fraction of sp³-hybridized carbons (Fsp3) is 0.737. The Morgan fingerprint density at radius 1 is 0.855 bits per heavy atom. The monoisotopic (exact) mass is 833 g/mol. The van der Waals surface area contributed by atoms with E-state index in [0.29, 0.717) is 51.7 Å². The van der Waals surface area contributed by atoms with Gasteiger partial charge < -0.3 is 45.6 Å². The summed E-state index contributed by atoms with van der Waals surface area (Å²) in [4.78, 5) is 78.3. The molecule has 2 fully saturated rings. The van der Waals surface area contributed by atoms with E-state index in [0.717, 1.165) is 32.0 Å². The molecule has 2 rings (SSSR count). The van der Waals surface area contributed by atoms with Gasteiger partial charge in [0.1, 0.15) is 18.1 Å². The maximum absolute atomic E-state index is 12.5. The van der Waals surface area contributed by atoms with Crippen LogP contribution in [0.1, 0.15) is 77.6 Å². The molecule has 0 spiro atoms. The molecule has 1 saturated heterocycles. The Morgan fingerprint density at radius 3 is 2.02 bits per heavy atom. The molecular weight excluding hydrogens is 772 g/mol. The van der Waals surface area contributed by atoms with Crippen LogP contribution in [0.5, 0.6) is 0 Å². The molecule has 17 heteroatoms. The van der Waals surface area contributed by atoms with Gasteiger partial charge in [-0.3, -0.25) is 34.0 Å². The number of carboxylic acids is 3. The van der Waals surface area contributed by atoms with E-state index in [9.17, 15) is 49.2 Å². The zero-order chi connectivity index (χ0) is 39.0. The molecule has 55 heavy (non-hydrogen) atoms. The van der Waals surface area contributed by atoms with Crippen LogP contribution in [-0.4, -0.2) is 182 Å². The van der Waals surface area contributed by atoms with Crippen LogP contribution >= 0.6 is 0 Å². The van der Waals surface area contributed by atoms with E-state index in [1.165, 1.54) is 0 Å². The number of aliphatic hydroxyl groups is 1. The average Bonchev–Trinajstić information content (AvgIpc) is 3.36. The van der Waals surface area contributed by atoms with E-state index in [1.807, 2.05) is 23.1 Å². The minimum absolute atomic E-state index is 0. The van der Waals surface area contributed by atoms with Gasteiger partial charge in [-0.2, -0.15) is 0 Å². The summed E-state index contributed by atoms with van der Waals surface area (Å²) in [7, 11) is 0. The number of carboxylic acid groups (broad SMARTS) is 3. The standard InChI is InChI=1S/C38H63N5O10.Ga.H2O/c1-2-3-4-5-8-12-30-31(34(46)27-33(30)45)13-9-6-7-10-15-35(47)39-16-11-14-32(38(52)53)43-23-21-40(25-26-44)17-18-41(28-36(48)49)19-20-42(22-24-43)29-37(50)51;;/h6,8-9,12,26,30-33,45H,2-5,7,10-11,13-25,27-29H2,1H3,(H,39,47)(H,48,49)(H,50,51)(H,52,53);;1H2/q;+3;/p-3/b9-6-,12-8+;;/t30-,31+,32?,33+;;/m0../s1. The van der Waals surface area contributed by atoms with E-state index in [4.69, 9.17) is 0 Å². The molecule has 0 aromatic rings. The second-order valence-electron chi connectivity index (χ2n) is 14.1. The first-order valence-corrected chi connectivity index (χ1v) is 19.2. The average molecular weight is 835 g/mol. The van der Waals surface area contributed by atoms with Crippen LogP contribution in [0.2, 0.25) is 0 Å². The molecule has 0 radical (unpaired) electrons. The minimum atomic E-state index is -1.30. The van der Waals surface area contributed by atoms with Gasteiger partial charge in [-0.05, 0) is 44.9 Å². The van der Waals surface area contributed by atoms with Gasteiger partial charge >= 0.3 is 25.8 Å². The molecule has 16 nitrogen and oxygen atoms in total. The predicted octanol–water partition coefficient (Wildman–Crippen LogP) is -1.48. The van der Waals surface area contributed by atoms with Crippen molar-refractivity contribution in [2.75, 3.05) is 78.5 Å². The van der Waals surface area contributed by atoms with Crippen LogP contribution in [0, 0.1) is 11.8 Å². The molecule has 0 bridgehead atoms. The molecule has 0 aromatic carbocycles. The Labute approximate surface area is 338 Å². The maximum Gasteiger partial charge on any atom is 3.00 e. The summed E-state index contributed by atoms with van der Waals surface area (Å²) in [5, 5.41) is 46.1. The van der Waals surface area contributed by atoms with Gasteiger partial charge in [-0.25, -0.2) is 0 Å². The quantitative estimate of drug-likeness (QED) is 0.0460. The summed E-state index contributed by atoms with van der Waals surface area (Å²) < 4.78 is 0. The molecule has 1 amide bonds. The smallest absolute Gasteiger partial charge is 0.870 e. The Balaban J connectivity index is 0.0000146. The Morgan fingerprint density at radius 2 is 1.44 bits per heavy atom. The summed E-state index contributed by atoms with van der Waals surface area (Å²) in [6.45, 7) is 3.90. The summed E-state index contributed by atoms with van der Waals surface area (Å²) in [6.07, 6.45) is 15.4. The van der Waals surface area contributed by atoms with Crippen LogP contribution < -0.4 is 15.5 Å². The maximum atomic E-state index is 12.5. The van der Waals surface area contributed by atoms with Crippen molar-refractivity contribution in [1.29, 1.82) is 0 Å². The number of hydrogen-bond acceptors (Lipinski definition) is 14. The number of carbonyl (C=O) groups is 6. The van der Waals surface area contributed by atoms with Crippen LogP contribution in [0.4, 0.5) is 0 Å². The number of rotatable bonds is 23. The number of aldehydes is 1. The SMILES string of the molecule is CCCCC/C=C/[C@@H]1[C@H](O)CC(=O)[C@@H]1C/C=C\CCCC(=O)NCCCC(C(=O)O)N1CCN(CC=O)CCN(CC(=O)[O-])CCN(CC(=O)[O-])CC1.[Ga+3].[OH-]. The van der Waals surface area contributed by atoms with Gasteiger partial charge in [0.2, 0.25) is 5.91 Å². The van der Waals surface area contributed by atoms with E-state index in [1.54, 1.807) is 14.7 Å². The molecule has 4 atom stereocenters. The minimum Gasteiger partial charge on any atom is -0.870 e. The molecule has 4 N–H and O–H groups in total. The number of ketones is 1. The third-order valence-corrected chi connectivity index (χ3v) is 10.0. The topological polar surface area (TPSA) is 244 Å². The first-order chi connectivity index (χ1) is 25.4. The van der Waals surface area contributed by atoms with Crippen molar-refractivity contribution in [2.45, 2.75) is 89.7 Å². The van der Waals surface area contributed by atoms with Crippen LogP contribution in [0.15, 0.2) is 24.3 Å². The van der Waals surface area contributed by atoms with Gasteiger partial charge in [0.25, 0.3) is 0 Å². The zero-order valence-electron chi connectivity index (χ0n) is 32.4. The molecule has 1 unspecified atom stereocenters. The summed E-state index contributed by atoms with van der Waals surface area (Å²) in [5.41, 5.74) is 0. The fourth-order valence-electron chi connectivity index (χ4n) is 6.94. The van der Waals surface area contributed by atoms with Crippen molar-refractivity contribution in [1.82, 2.24) is 24.9 Å². The summed E-state index contributed by atoms with van der Waals surface area (Å²) >= 11 is 0. The van der Waals surface area contributed by atoms with Gasteiger partial charge in [0, 0.05) is 96.7 Å². The number of aliphatic carboxylic acids is 3. The third-order valence-electron chi connectivity index (χ3n) is 10.0. The second-order valence-corrected chi connectivity index (χ2v) is 14.1. The third kappa shape index (κ3) is 21.8. The number of unbranched alkanes of at least 4 members (excludes halogenated alkanes) is 4. The second kappa shape index (κ2) is 30.3. The van der Waals surface area contributed by atoms with Crippen molar-refractivity contribution in [3.05, 3.63) is 24.3 Å². The van der Waals surface area contributed by atoms with Crippen molar-refractivity contribution < 1.29 is 54.7 Å². The molecule has 1 aliphatic heterocycles. The van der Waals surface area contributed by atoms with Crippen molar-refractivity contribution in [3.63, 3.8) is 0 Å². The van der Waals surface area contributed by atoms with E-state index < -0.39 is 36.6 Å². The number of amides is 1. The first kappa shape index (κ1) is 52.1. The molecular formula is C38H62GaN5O11. The Hall–Kier alpha value is -2.90. The Bertz CT molecular complexity index is 1220. The molecule has 1 heterocycles. The molecule has 1 saturated carbocycles. The predicted molar refractivity (Wildman–Crippen MR) is 202 cm³/mol. The normalized spacial score (nSPS) is 21.6. The van der Waals surface area contributed by atoms with Crippen molar-refractivity contribution in [2.24, 2.45) is 11.8 Å². The summed E-state index contributed by atoms with van der Waals surface area (Å²) in [5.74, 6) is -4.07.